The van der Waals surface area contributed by atoms with E-state index >= 15 is 0 Å². The van der Waals surface area contributed by atoms with E-state index in [1.165, 1.54) is 29.7 Å². The SMILES string of the molecule is Cc1ccc2c(c1)CCCN2CCCCCC(=O)O. The van der Waals surface area contributed by atoms with Crippen LogP contribution in [-0.4, -0.2) is 24.2 Å². The van der Waals surface area contributed by atoms with Gasteiger partial charge in [0.05, 0.1) is 0 Å². The van der Waals surface area contributed by atoms with E-state index < -0.39 is 5.97 Å². The normalized spacial score (nSPS) is 14.3. The highest BCUT2D eigenvalue weighted by Gasteiger charge is 2.15. The fourth-order valence-electron chi connectivity index (χ4n) is 2.79. The molecule has 104 valence electrons. The van der Waals surface area contributed by atoms with Crippen molar-refractivity contribution in [2.75, 3.05) is 18.0 Å². The summed E-state index contributed by atoms with van der Waals surface area (Å²) in [6, 6.07) is 6.72. The fraction of sp³-hybridized carbons (Fsp3) is 0.562. The first kappa shape index (κ1) is 13.9. The first-order chi connectivity index (χ1) is 9.16. The van der Waals surface area contributed by atoms with Crippen LogP contribution in [0.2, 0.25) is 0 Å². The number of carboxylic acid groups (broad SMARTS) is 1. The number of hydrogen-bond acceptors (Lipinski definition) is 2. The summed E-state index contributed by atoms with van der Waals surface area (Å²) in [7, 11) is 0. The minimum Gasteiger partial charge on any atom is -0.481 e. The standard InChI is InChI=1S/C16H23NO2/c1-13-8-9-15-14(12-13)6-5-11-17(15)10-4-2-3-7-16(18)19/h8-9,12H,2-7,10-11H2,1H3,(H,18,19). The summed E-state index contributed by atoms with van der Waals surface area (Å²) in [5.74, 6) is -0.682. The molecule has 1 N–H and O–H groups in total. The molecular weight excluding hydrogens is 238 g/mol. The quantitative estimate of drug-likeness (QED) is 0.798. The van der Waals surface area contributed by atoms with Crippen LogP contribution in [-0.2, 0) is 11.2 Å². The lowest BCUT2D eigenvalue weighted by Crippen LogP contribution is -2.30. The van der Waals surface area contributed by atoms with E-state index in [0.29, 0.717) is 6.42 Å². The van der Waals surface area contributed by atoms with Crippen molar-refractivity contribution in [2.45, 2.75) is 45.4 Å². The molecule has 3 nitrogen and oxygen atoms in total. The minimum absolute atomic E-state index is 0.301. The number of rotatable bonds is 6. The summed E-state index contributed by atoms with van der Waals surface area (Å²) in [6.07, 6.45) is 5.60. The Kier molecular flexibility index (Phi) is 4.83. The van der Waals surface area contributed by atoms with E-state index in [1.54, 1.807) is 0 Å². The smallest absolute Gasteiger partial charge is 0.303 e. The van der Waals surface area contributed by atoms with Crippen LogP contribution in [0, 0.1) is 6.92 Å². The molecule has 1 aromatic rings. The van der Waals surface area contributed by atoms with Gasteiger partial charge in [-0.25, -0.2) is 0 Å². The van der Waals surface area contributed by atoms with Gasteiger partial charge >= 0.3 is 5.97 Å². The molecule has 3 heteroatoms. The molecule has 1 aliphatic rings. The average molecular weight is 261 g/mol. The number of aliphatic carboxylic acids is 1. The van der Waals surface area contributed by atoms with Crippen molar-refractivity contribution in [2.24, 2.45) is 0 Å². The van der Waals surface area contributed by atoms with E-state index in [1.807, 2.05) is 0 Å². The Morgan fingerprint density at radius 1 is 1.32 bits per heavy atom. The van der Waals surface area contributed by atoms with Crippen LogP contribution in [0.15, 0.2) is 18.2 Å². The third-order valence-corrected chi connectivity index (χ3v) is 3.77. The Labute approximate surface area is 115 Å². The van der Waals surface area contributed by atoms with Crippen LogP contribution in [0.4, 0.5) is 5.69 Å². The Morgan fingerprint density at radius 3 is 2.95 bits per heavy atom. The van der Waals surface area contributed by atoms with Crippen LogP contribution < -0.4 is 4.90 Å². The molecule has 0 atom stereocenters. The molecule has 1 aliphatic heterocycles. The summed E-state index contributed by atoms with van der Waals surface area (Å²) < 4.78 is 0. The number of unbranched alkanes of at least 4 members (excludes halogenated alkanes) is 2. The Balaban J connectivity index is 1.84. The van der Waals surface area contributed by atoms with Crippen molar-refractivity contribution in [1.82, 2.24) is 0 Å². The molecule has 0 unspecified atom stereocenters. The van der Waals surface area contributed by atoms with Gasteiger partial charge in [0.2, 0.25) is 0 Å². The molecular formula is C16H23NO2. The van der Waals surface area contributed by atoms with Gasteiger partial charge in [-0.3, -0.25) is 4.79 Å². The molecule has 0 saturated carbocycles. The summed E-state index contributed by atoms with van der Waals surface area (Å²) in [6.45, 7) is 4.33. The third-order valence-electron chi connectivity index (χ3n) is 3.77. The second-order valence-electron chi connectivity index (χ2n) is 5.43. The van der Waals surface area contributed by atoms with E-state index in [4.69, 9.17) is 5.11 Å². The molecule has 1 aromatic carbocycles. The zero-order valence-corrected chi connectivity index (χ0v) is 11.7. The number of nitrogens with zero attached hydrogens (tertiary/aromatic N) is 1. The van der Waals surface area contributed by atoms with Crippen LogP contribution in [0.1, 0.15) is 43.2 Å². The number of hydrogen-bond donors (Lipinski definition) is 1. The maximum absolute atomic E-state index is 10.4. The second-order valence-corrected chi connectivity index (χ2v) is 5.43. The fourth-order valence-corrected chi connectivity index (χ4v) is 2.79. The molecule has 1 heterocycles. The van der Waals surface area contributed by atoms with Gasteiger partial charge in [-0.1, -0.05) is 24.1 Å². The third kappa shape index (κ3) is 3.98. The number of carbonyl (C=O) groups is 1. The number of anilines is 1. The van der Waals surface area contributed by atoms with Crippen molar-refractivity contribution >= 4 is 11.7 Å². The highest BCUT2D eigenvalue weighted by Crippen LogP contribution is 2.28. The average Bonchev–Trinajstić information content (AvgIpc) is 2.37. The predicted molar refractivity (Wildman–Crippen MR) is 77.8 cm³/mol. The van der Waals surface area contributed by atoms with Gasteiger partial charge < -0.3 is 10.0 Å². The maximum Gasteiger partial charge on any atom is 0.303 e. The summed E-state index contributed by atoms with van der Waals surface area (Å²) in [4.78, 5) is 12.9. The lowest BCUT2D eigenvalue weighted by Gasteiger charge is -2.31. The predicted octanol–water partition coefficient (Wildman–Crippen LogP) is 3.39. The molecule has 0 aliphatic carbocycles. The lowest BCUT2D eigenvalue weighted by molar-refractivity contribution is -0.137. The Bertz CT molecular complexity index is 442. The molecule has 19 heavy (non-hydrogen) atoms. The van der Waals surface area contributed by atoms with Gasteiger partial charge in [-0.15, -0.1) is 0 Å². The van der Waals surface area contributed by atoms with Crippen molar-refractivity contribution in [3.8, 4) is 0 Å². The molecule has 0 fully saturated rings. The van der Waals surface area contributed by atoms with Gasteiger partial charge in [-0.2, -0.15) is 0 Å². The molecule has 0 saturated heterocycles. The first-order valence-corrected chi connectivity index (χ1v) is 7.23. The largest absolute Gasteiger partial charge is 0.481 e. The lowest BCUT2D eigenvalue weighted by atomic mass is 9.99. The van der Waals surface area contributed by atoms with E-state index in [2.05, 4.69) is 30.0 Å². The van der Waals surface area contributed by atoms with Crippen LogP contribution in [0.3, 0.4) is 0 Å². The molecule has 0 spiro atoms. The van der Waals surface area contributed by atoms with Crippen molar-refractivity contribution in [3.63, 3.8) is 0 Å². The van der Waals surface area contributed by atoms with Crippen LogP contribution in [0.25, 0.3) is 0 Å². The first-order valence-electron chi connectivity index (χ1n) is 7.23. The molecule has 0 bridgehead atoms. The molecule has 0 amide bonds. The van der Waals surface area contributed by atoms with Gasteiger partial charge in [0.25, 0.3) is 0 Å². The van der Waals surface area contributed by atoms with Gasteiger partial charge in [0, 0.05) is 25.2 Å². The van der Waals surface area contributed by atoms with Gasteiger partial charge in [-0.05, 0) is 44.2 Å². The maximum atomic E-state index is 10.4. The zero-order chi connectivity index (χ0) is 13.7. The highest BCUT2D eigenvalue weighted by molar-refractivity contribution is 5.66. The molecule has 2 rings (SSSR count). The van der Waals surface area contributed by atoms with Crippen molar-refractivity contribution in [1.29, 1.82) is 0 Å². The number of benzene rings is 1. The summed E-state index contributed by atoms with van der Waals surface area (Å²) in [5, 5.41) is 8.61. The Hall–Kier alpha value is -1.51. The van der Waals surface area contributed by atoms with Crippen LogP contribution >= 0.6 is 0 Å². The van der Waals surface area contributed by atoms with Gasteiger partial charge in [0.1, 0.15) is 0 Å². The van der Waals surface area contributed by atoms with E-state index in [-0.39, 0.29) is 0 Å². The monoisotopic (exact) mass is 261 g/mol. The van der Waals surface area contributed by atoms with Crippen molar-refractivity contribution in [3.05, 3.63) is 29.3 Å². The zero-order valence-electron chi connectivity index (χ0n) is 11.7. The van der Waals surface area contributed by atoms with Gasteiger partial charge in [0.15, 0.2) is 0 Å². The Morgan fingerprint density at radius 2 is 2.16 bits per heavy atom. The molecule has 0 aromatic heterocycles. The number of carboxylic acids is 1. The summed E-state index contributed by atoms with van der Waals surface area (Å²) in [5.41, 5.74) is 4.19. The van der Waals surface area contributed by atoms with Crippen molar-refractivity contribution < 1.29 is 9.90 Å². The number of aryl methyl sites for hydroxylation is 2. The van der Waals surface area contributed by atoms with E-state index in [0.717, 1.165) is 32.4 Å². The van der Waals surface area contributed by atoms with E-state index in [9.17, 15) is 4.79 Å². The summed E-state index contributed by atoms with van der Waals surface area (Å²) >= 11 is 0. The van der Waals surface area contributed by atoms with Crippen LogP contribution in [0.5, 0.6) is 0 Å². The molecule has 0 radical (unpaired) electrons. The highest BCUT2D eigenvalue weighted by atomic mass is 16.4. The second kappa shape index (κ2) is 6.60. The topological polar surface area (TPSA) is 40.5 Å². The minimum atomic E-state index is -0.682. The number of fused-ring (bicyclic) bond motifs is 1.